The van der Waals surface area contributed by atoms with Gasteiger partial charge in [-0.3, -0.25) is 4.79 Å². The zero-order chi connectivity index (χ0) is 25.3. The Bertz CT molecular complexity index is 1260. The van der Waals surface area contributed by atoms with Gasteiger partial charge in [0.1, 0.15) is 0 Å². The van der Waals surface area contributed by atoms with Crippen LogP contribution in [-0.2, 0) is 19.3 Å². The summed E-state index contributed by atoms with van der Waals surface area (Å²) >= 11 is 3.61. The molecular weight excluding hydrogens is 506 g/mol. The average molecular weight is 545 g/mol. The van der Waals surface area contributed by atoms with E-state index in [0.29, 0.717) is 34.7 Å². The molecule has 3 fully saturated rings. The quantitative estimate of drug-likeness (QED) is 0.317. The van der Waals surface area contributed by atoms with Crippen molar-refractivity contribution in [2.45, 2.75) is 71.1 Å². The lowest BCUT2D eigenvalue weighted by Gasteiger charge is -2.58. The van der Waals surface area contributed by atoms with Crippen molar-refractivity contribution in [3.63, 3.8) is 0 Å². The van der Waals surface area contributed by atoms with Crippen LogP contribution in [0.25, 0.3) is 0 Å². The maximum Gasteiger partial charge on any atom is 0.248 e. The maximum atomic E-state index is 11.8. The summed E-state index contributed by atoms with van der Waals surface area (Å²) in [5.74, 6) is 5.15. The van der Waals surface area contributed by atoms with Crippen molar-refractivity contribution >= 4 is 21.8 Å². The van der Waals surface area contributed by atoms with E-state index in [0.717, 1.165) is 18.2 Å². The largest absolute Gasteiger partial charge is 0.366 e. The minimum Gasteiger partial charge on any atom is -0.366 e. The Morgan fingerprint density at radius 2 is 2.00 bits per heavy atom. The molecule has 2 aromatic carbocycles. The van der Waals surface area contributed by atoms with Crippen molar-refractivity contribution in [2.24, 2.45) is 39.7 Å². The molecule has 2 N–H and O–H groups in total. The highest BCUT2D eigenvalue weighted by Gasteiger charge is 2.76. The monoisotopic (exact) mass is 543 g/mol. The molecule has 0 aliphatic heterocycles. The van der Waals surface area contributed by atoms with Crippen LogP contribution in [0.15, 0.2) is 42.5 Å². The number of halogens is 1. The number of primary amides is 1. The number of carbonyl (C=O) groups excluding carboxylic acids is 1. The number of benzene rings is 2. The van der Waals surface area contributed by atoms with E-state index in [4.69, 9.17) is 12.2 Å². The van der Waals surface area contributed by atoms with Crippen LogP contribution in [0.3, 0.4) is 0 Å². The Morgan fingerprint density at radius 1 is 1.17 bits per heavy atom. The van der Waals surface area contributed by atoms with Gasteiger partial charge >= 0.3 is 0 Å². The Hall–Kier alpha value is -2.05. The smallest absolute Gasteiger partial charge is 0.248 e. The van der Waals surface area contributed by atoms with Crippen molar-refractivity contribution in [2.75, 3.05) is 5.33 Å². The molecule has 4 aliphatic carbocycles. The molecule has 2 nitrogen and oxygen atoms in total. The molecule has 6 rings (SSSR count). The van der Waals surface area contributed by atoms with Crippen LogP contribution in [-0.4, -0.2) is 11.2 Å². The number of nitrogens with two attached hydrogens (primary N) is 1. The van der Waals surface area contributed by atoms with Gasteiger partial charge in [0.05, 0.1) is 0 Å². The molecule has 7 atom stereocenters. The van der Waals surface area contributed by atoms with E-state index in [2.05, 4.69) is 60.0 Å². The van der Waals surface area contributed by atoms with E-state index in [1.165, 1.54) is 49.7 Å². The third kappa shape index (κ3) is 3.32. The molecule has 0 saturated heterocycles. The first-order chi connectivity index (χ1) is 17.3. The van der Waals surface area contributed by atoms with E-state index >= 15 is 0 Å². The van der Waals surface area contributed by atoms with Crippen LogP contribution >= 0.6 is 15.9 Å². The van der Waals surface area contributed by atoms with Gasteiger partial charge in [0, 0.05) is 16.8 Å². The predicted molar refractivity (Wildman–Crippen MR) is 150 cm³/mol. The molecule has 0 radical (unpaired) electrons. The number of carbonyl (C=O) groups is 1. The summed E-state index contributed by atoms with van der Waals surface area (Å²) in [5.41, 5.74) is 13.0. The molecule has 3 saturated carbocycles. The molecule has 36 heavy (non-hydrogen) atoms. The lowest BCUT2D eigenvalue weighted by Crippen LogP contribution is -2.49. The molecule has 1 amide bonds. The molecule has 1 unspecified atom stereocenters. The van der Waals surface area contributed by atoms with Gasteiger partial charge < -0.3 is 5.73 Å². The lowest BCUT2D eigenvalue weighted by molar-refractivity contribution is -0.0481. The summed E-state index contributed by atoms with van der Waals surface area (Å²) in [4.78, 5) is 11.8. The number of rotatable bonds is 5. The third-order valence-corrected chi connectivity index (χ3v) is 11.8. The number of hydrogen-bond acceptors (Lipinski definition) is 1. The fourth-order valence-corrected chi connectivity index (χ4v) is 10.1. The highest BCUT2D eigenvalue weighted by atomic mass is 79.9. The first-order valence-electron chi connectivity index (χ1n) is 13.8. The zero-order valence-electron chi connectivity index (χ0n) is 21.7. The minimum absolute atomic E-state index is 0.239. The van der Waals surface area contributed by atoms with Gasteiger partial charge in [0.15, 0.2) is 0 Å². The summed E-state index contributed by atoms with van der Waals surface area (Å²) in [6.07, 6.45) is 15.7. The molecule has 2 aromatic rings. The molecule has 3 heteroatoms. The Morgan fingerprint density at radius 3 is 2.72 bits per heavy atom. The predicted octanol–water partition coefficient (Wildman–Crippen LogP) is 7.08. The second-order valence-corrected chi connectivity index (χ2v) is 13.5. The standard InChI is InChI=1S/C33H38BrNO/c1-4-25-20-33(25)26(18-22-6-5-7-24(17-22)30(35)36)19-29-31(2)13-10-23-16-21(12-15-34)8-9-27(23)28(31)11-14-32(29,33)3/h1,5-9,16-17,25-26,28-29H,10-15,18-20H2,2-3H3,(H2,35,36)/t25?,26-,28+,29-,31+,32-,33+/m0/s1. The first-order valence-corrected chi connectivity index (χ1v) is 14.9. The van der Waals surface area contributed by atoms with Crippen LogP contribution < -0.4 is 5.73 Å². The van der Waals surface area contributed by atoms with E-state index in [1.54, 1.807) is 11.1 Å². The molecule has 0 bridgehead atoms. The second kappa shape index (κ2) is 8.49. The maximum absolute atomic E-state index is 11.8. The van der Waals surface area contributed by atoms with Gasteiger partial charge in [-0.2, -0.15) is 0 Å². The SMILES string of the molecule is C#CC1C[C@]12[C@@H](Cc1cccc(C(N)=O)c1)C[C@H]1[C@]3(C)CCc4cc(CCBr)ccc4[C@H]3CC[C@@]12C. The number of hydrogen-bond donors (Lipinski definition) is 1. The van der Waals surface area contributed by atoms with Gasteiger partial charge in [-0.1, -0.05) is 60.1 Å². The highest BCUT2D eigenvalue weighted by molar-refractivity contribution is 9.09. The average Bonchev–Trinajstić information content (AvgIpc) is 3.56. The fraction of sp³-hybridized carbons (Fsp3) is 0.545. The number of amides is 1. The number of terminal acetylenes is 1. The van der Waals surface area contributed by atoms with Gasteiger partial charge in [-0.05, 0) is 120 Å². The zero-order valence-corrected chi connectivity index (χ0v) is 23.2. The van der Waals surface area contributed by atoms with E-state index in [1.807, 2.05) is 18.2 Å². The van der Waals surface area contributed by atoms with E-state index in [9.17, 15) is 4.79 Å². The van der Waals surface area contributed by atoms with Crippen molar-refractivity contribution in [3.05, 3.63) is 70.3 Å². The van der Waals surface area contributed by atoms with Crippen molar-refractivity contribution in [1.29, 1.82) is 0 Å². The number of fused-ring (bicyclic) bond motifs is 6. The first kappa shape index (κ1) is 24.3. The highest BCUT2D eigenvalue weighted by Crippen LogP contribution is 2.82. The van der Waals surface area contributed by atoms with Crippen LogP contribution in [0.5, 0.6) is 0 Å². The summed E-state index contributed by atoms with van der Waals surface area (Å²) in [5, 5.41) is 1.02. The van der Waals surface area contributed by atoms with Crippen LogP contribution in [0.4, 0.5) is 0 Å². The normalized spacial score (nSPS) is 38.1. The van der Waals surface area contributed by atoms with E-state index < -0.39 is 0 Å². The van der Waals surface area contributed by atoms with Crippen molar-refractivity contribution < 1.29 is 4.79 Å². The van der Waals surface area contributed by atoms with E-state index in [-0.39, 0.29) is 16.7 Å². The van der Waals surface area contributed by atoms with Crippen LogP contribution in [0, 0.1) is 46.3 Å². The van der Waals surface area contributed by atoms with Crippen molar-refractivity contribution in [3.8, 4) is 12.3 Å². The van der Waals surface area contributed by atoms with Crippen LogP contribution in [0.1, 0.15) is 84.5 Å². The minimum atomic E-state index is -0.345. The molecule has 188 valence electrons. The number of alkyl halides is 1. The molecule has 0 aromatic heterocycles. The third-order valence-electron chi connectivity index (χ3n) is 11.4. The van der Waals surface area contributed by atoms with Gasteiger partial charge in [-0.15, -0.1) is 12.3 Å². The summed E-state index contributed by atoms with van der Waals surface area (Å²) in [6, 6.07) is 15.3. The molecule has 0 heterocycles. The Labute approximate surface area is 224 Å². The summed E-state index contributed by atoms with van der Waals surface area (Å²) < 4.78 is 0. The molecule has 1 spiro atoms. The number of aryl methyl sites for hydroxylation is 2. The second-order valence-electron chi connectivity index (χ2n) is 12.7. The Kier molecular flexibility index (Phi) is 5.73. The van der Waals surface area contributed by atoms with Gasteiger partial charge in [0.25, 0.3) is 0 Å². The topological polar surface area (TPSA) is 43.1 Å². The van der Waals surface area contributed by atoms with Gasteiger partial charge in [-0.25, -0.2) is 0 Å². The molecule has 4 aliphatic rings. The van der Waals surface area contributed by atoms with Gasteiger partial charge in [0.2, 0.25) is 5.91 Å². The molecular formula is C33H38BrNO. The fourth-order valence-electron chi connectivity index (χ4n) is 9.68. The Balaban J connectivity index is 1.36. The van der Waals surface area contributed by atoms with Crippen molar-refractivity contribution in [1.82, 2.24) is 0 Å². The van der Waals surface area contributed by atoms with Crippen LogP contribution in [0.2, 0.25) is 0 Å². The summed E-state index contributed by atoms with van der Waals surface area (Å²) in [7, 11) is 0. The lowest BCUT2D eigenvalue weighted by atomic mass is 9.46. The summed E-state index contributed by atoms with van der Waals surface area (Å²) in [6.45, 7) is 5.22.